The third kappa shape index (κ3) is 4.15. The second kappa shape index (κ2) is 8.35. The molecule has 4 aromatic carbocycles. The number of aryl methyl sites for hydroxylation is 1. The predicted octanol–water partition coefficient (Wildman–Crippen LogP) is 6.89. The second-order valence-corrected chi connectivity index (χ2v) is 8.47. The molecular weight excluding hydrogens is 394 g/mol. The quantitative estimate of drug-likeness (QED) is 0.382. The van der Waals surface area contributed by atoms with E-state index in [1.807, 2.05) is 66.7 Å². The number of fused-ring (bicyclic) bond motifs is 2. The summed E-state index contributed by atoms with van der Waals surface area (Å²) in [5.74, 6) is 0.723. The van der Waals surface area contributed by atoms with Crippen LogP contribution < -0.4 is 10.1 Å². The Hall–Kier alpha value is -3.85. The highest BCUT2D eigenvalue weighted by molar-refractivity contribution is 6.13. The first-order valence-corrected chi connectivity index (χ1v) is 11.0. The fraction of sp³-hybridized carbons (Fsp3) is 0.138. The van der Waals surface area contributed by atoms with Gasteiger partial charge in [-0.25, -0.2) is 0 Å². The Labute approximate surface area is 188 Å². The van der Waals surface area contributed by atoms with Crippen molar-refractivity contribution in [2.45, 2.75) is 25.4 Å². The molecule has 4 aromatic rings. The minimum atomic E-state index is -0.351. The molecule has 3 nitrogen and oxygen atoms in total. The molecule has 0 saturated carbocycles. The fourth-order valence-corrected chi connectivity index (χ4v) is 4.19. The van der Waals surface area contributed by atoms with Crippen LogP contribution in [0.15, 0.2) is 97.1 Å². The molecule has 1 amide bonds. The first-order chi connectivity index (χ1) is 15.6. The maximum Gasteiger partial charge on any atom is 0.256 e. The van der Waals surface area contributed by atoms with Crippen molar-refractivity contribution in [3.05, 3.63) is 114 Å². The Balaban J connectivity index is 1.31. The van der Waals surface area contributed by atoms with Crippen molar-refractivity contribution in [3.8, 4) is 5.75 Å². The number of carbonyl (C=O) groups excluding carboxylic acids is 1. The molecule has 1 aliphatic heterocycles. The lowest BCUT2D eigenvalue weighted by atomic mass is 9.93. The first kappa shape index (κ1) is 20.1. The second-order valence-electron chi connectivity index (χ2n) is 8.47. The van der Waals surface area contributed by atoms with Crippen LogP contribution in [0.2, 0.25) is 0 Å². The van der Waals surface area contributed by atoms with Gasteiger partial charge in [0.2, 0.25) is 0 Å². The van der Waals surface area contributed by atoms with E-state index in [1.54, 1.807) is 0 Å². The molecule has 1 atom stereocenters. The van der Waals surface area contributed by atoms with Crippen molar-refractivity contribution >= 4 is 28.4 Å². The zero-order valence-electron chi connectivity index (χ0n) is 18.0. The molecule has 1 N–H and O–H groups in total. The van der Waals surface area contributed by atoms with Gasteiger partial charge in [-0.1, -0.05) is 72.8 Å². The Bertz CT molecular complexity index is 1300. The van der Waals surface area contributed by atoms with Crippen LogP contribution in [-0.4, -0.2) is 11.5 Å². The van der Waals surface area contributed by atoms with Gasteiger partial charge in [0.25, 0.3) is 5.91 Å². The third-order valence-corrected chi connectivity index (χ3v) is 6.01. The predicted molar refractivity (Wildman–Crippen MR) is 131 cm³/mol. The first-order valence-electron chi connectivity index (χ1n) is 11.0. The summed E-state index contributed by atoms with van der Waals surface area (Å²) in [4.78, 5) is 13.0. The summed E-state index contributed by atoms with van der Waals surface area (Å²) in [6, 6.07) is 30.0. The van der Waals surface area contributed by atoms with Crippen LogP contribution in [0.1, 0.15) is 34.8 Å². The molecule has 0 saturated heterocycles. The van der Waals surface area contributed by atoms with E-state index in [1.165, 1.54) is 5.56 Å². The topological polar surface area (TPSA) is 38.3 Å². The van der Waals surface area contributed by atoms with Crippen molar-refractivity contribution in [3.63, 3.8) is 0 Å². The molecule has 0 spiro atoms. The van der Waals surface area contributed by atoms with E-state index >= 15 is 0 Å². The monoisotopic (exact) mass is 419 g/mol. The Morgan fingerprint density at radius 1 is 0.906 bits per heavy atom. The molecule has 0 aromatic heterocycles. The average molecular weight is 420 g/mol. The van der Waals surface area contributed by atoms with E-state index in [2.05, 4.69) is 48.7 Å². The molecule has 0 fully saturated rings. The number of anilines is 1. The molecule has 0 radical (unpaired) electrons. The van der Waals surface area contributed by atoms with Crippen LogP contribution in [-0.2, 0) is 6.42 Å². The summed E-state index contributed by atoms with van der Waals surface area (Å²) in [5.41, 5.74) is 3.35. The Morgan fingerprint density at radius 3 is 2.56 bits per heavy atom. The molecule has 1 heterocycles. The number of amides is 1. The van der Waals surface area contributed by atoms with Crippen LogP contribution in [0.3, 0.4) is 0 Å². The van der Waals surface area contributed by atoms with E-state index in [4.69, 9.17) is 4.74 Å². The van der Waals surface area contributed by atoms with Crippen LogP contribution in [0, 0.1) is 0 Å². The van der Waals surface area contributed by atoms with Gasteiger partial charge in [0.05, 0.1) is 0 Å². The molecule has 3 heteroatoms. The number of nitrogens with one attached hydrogen (secondary N) is 1. The standard InChI is InChI=1S/C29H25NO2/c1-29(18-16-21-8-3-2-4-9-21)19-17-23-20-24(14-15-27(23)32-29)30-28(31)26-13-7-11-22-10-5-6-12-25(22)26/h2-15,17,19-20H,16,18H2,1H3,(H,30,31). The van der Waals surface area contributed by atoms with Crippen LogP contribution in [0.4, 0.5) is 5.69 Å². The Morgan fingerprint density at radius 2 is 1.69 bits per heavy atom. The SMILES string of the molecule is CC1(CCc2ccccc2)C=Cc2cc(NC(=O)c3cccc4ccccc34)ccc2O1. The van der Waals surface area contributed by atoms with Gasteiger partial charge in [-0.2, -0.15) is 0 Å². The van der Waals surface area contributed by atoms with E-state index in [0.29, 0.717) is 5.56 Å². The highest BCUT2D eigenvalue weighted by Gasteiger charge is 2.27. The smallest absolute Gasteiger partial charge is 0.256 e. The summed E-state index contributed by atoms with van der Waals surface area (Å²) < 4.78 is 6.34. The number of hydrogen-bond acceptors (Lipinski definition) is 2. The summed E-state index contributed by atoms with van der Waals surface area (Å²) in [5, 5.41) is 5.04. The number of hydrogen-bond donors (Lipinski definition) is 1. The van der Waals surface area contributed by atoms with Gasteiger partial charge < -0.3 is 10.1 Å². The number of carbonyl (C=O) groups is 1. The molecule has 158 valence electrons. The van der Waals surface area contributed by atoms with E-state index in [0.717, 1.165) is 40.6 Å². The van der Waals surface area contributed by atoms with Crippen LogP contribution in [0.25, 0.3) is 16.8 Å². The largest absolute Gasteiger partial charge is 0.483 e. The normalized spacial score (nSPS) is 16.9. The molecular formula is C29H25NO2. The van der Waals surface area contributed by atoms with Gasteiger partial charge in [0.1, 0.15) is 11.4 Å². The summed E-state index contributed by atoms with van der Waals surface area (Å²) in [7, 11) is 0. The molecule has 1 unspecified atom stereocenters. The van der Waals surface area contributed by atoms with E-state index < -0.39 is 0 Å². The van der Waals surface area contributed by atoms with Gasteiger partial charge in [-0.05, 0) is 66.4 Å². The van der Waals surface area contributed by atoms with Gasteiger partial charge in [-0.3, -0.25) is 4.79 Å². The van der Waals surface area contributed by atoms with Crippen molar-refractivity contribution in [2.75, 3.05) is 5.32 Å². The Kier molecular flexibility index (Phi) is 5.24. The van der Waals surface area contributed by atoms with Crippen molar-refractivity contribution in [2.24, 2.45) is 0 Å². The molecule has 1 aliphatic rings. The van der Waals surface area contributed by atoms with E-state index in [-0.39, 0.29) is 11.5 Å². The zero-order chi connectivity index (χ0) is 22.0. The van der Waals surface area contributed by atoms with Gasteiger partial charge in [-0.15, -0.1) is 0 Å². The highest BCUT2D eigenvalue weighted by atomic mass is 16.5. The lowest BCUT2D eigenvalue weighted by Gasteiger charge is -2.32. The minimum absolute atomic E-state index is 0.116. The lowest BCUT2D eigenvalue weighted by Crippen LogP contribution is -2.32. The van der Waals surface area contributed by atoms with Crippen molar-refractivity contribution in [1.29, 1.82) is 0 Å². The average Bonchev–Trinajstić information content (AvgIpc) is 2.83. The van der Waals surface area contributed by atoms with Gasteiger partial charge in [0, 0.05) is 16.8 Å². The zero-order valence-corrected chi connectivity index (χ0v) is 18.0. The van der Waals surface area contributed by atoms with Gasteiger partial charge in [0.15, 0.2) is 0 Å². The maximum absolute atomic E-state index is 13.0. The molecule has 0 aliphatic carbocycles. The maximum atomic E-state index is 13.0. The number of rotatable bonds is 5. The number of benzene rings is 4. The lowest BCUT2D eigenvalue weighted by molar-refractivity contribution is 0.102. The van der Waals surface area contributed by atoms with Gasteiger partial charge >= 0.3 is 0 Å². The summed E-state index contributed by atoms with van der Waals surface area (Å²) in [6.45, 7) is 2.12. The van der Waals surface area contributed by atoms with Crippen LogP contribution in [0.5, 0.6) is 5.75 Å². The molecule has 0 bridgehead atoms. The summed E-state index contributed by atoms with van der Waals surface area (Å²) >= 11 is 0. The van der Waals surface area contributed by atoms with Crippen molar-refractivity contribution < 1.29 is 9.53 Å². The highest BCUT2D eigenvalue weighted by Crippen LogP contribution is 2.35. The van der Waals surface area contributed by atoms with E-state index in [9.17, 15) is 4.79 Å². The summed E-state index contributed by atoms with van der Waals surface area (Å²) in [6.07, 6.45) is 6.06. The minimum Gasteiger partial charge on any atom is -0.483 e. The molecule has 32 heavy (non-hydrogen) atoms. The number of ether oxygens (including phenoxy) is 1. The third-order valence-electron chi connectivity index (χ3n) is 6.01. The van der Waals surface area contributed by atoms with Crippen molar-refractivity contribution in [1.82, 2.24) is 0 Å². The molecule has 5 rings (SSSR count). The fourth-order valence-electron chi connectivity index (χ4n) is 4.19. The van der Waals surface area contributed by atoms with Crippen LogP contribution >= 0.6 is 0 Å².